The Bertz CT molecular complexity index is 1430. The van der Waals surface area contributed by atoms with E-state index in [1.54, 1.807) is 121 Å². The Morgan fingerprint density at radius 1 is 0.611 bits per heavy atom. The SMILES string of the molecule is O=C1OC(OC(=O)c2ccccc2)(c2ccccc2)C(OC(=O)c2ccccc2)=C1c1ccccc1. The first-order valence-corrected chi connectivity index (χ1v) is 11.2. The van der Waals surface area contributed by atoms with E-state index in [1.165, 1.54) is 0 Å². The van der Waals surface area contributed by atoms with E-state index in [9.17, 15) is 14.4 Å². The molecule has 0 aliphatic carbocycles. The number of benzene rings is 4. The minimum absolute atomic E-state index is 0.00963. The third-order valence-electron chi connectivity index (χ3n) is 5.63. The second kappa shape index (κ2) is 9.72. The van der Waals surface area contributed by atoms with Gasteiger partial charge in [-0.2, -0.15) is 0 Å². The number of rotatable bonds is 6. The molecule has 36 heavy (non-hydrogen) atoms. The summed E-state index contributed by atoms with van der Waals surface area (Å²) in [5, 5.41) is 0. The van der Waals surface area contributed by atoms with E-state index in [0.717, 1.165) is 0 Å². The molecule has 0 fully saturated rings. The lowest BCUT2D eigenvalue weighted by Gasteiger charge is -2.29. The van der Waals surface area contributed by atoms with Gasteiger partial charge in [0.25, 0.3) is 0 Å². The number of carbonyl (C=O) groups is 3. The Morgan fingerprint density at radius 3 is 1.64 bits per heavy atom. The molecule has 6 nitrogen and oxygen atoms in total. The van der Waals surface area contributed by atoms with Gasteiger partial charge in [0.15, 0.2) is 0 Å². The molecular formula is C30H20O6. The van der Waals surface area contributed by atoms with Crippen LogP contribution in [-0.2, 0) is 24.8 Å². The maximum absolute atomic E-state index is 13.3. The van der Waals surface area contributed by atoms with Crippen molar-refractivity contribution in [3.63, 3.8) is 0 Å². The number of esters is 3. The molecule has 1 heterocycles. The summed E-state index contributed by atoms with van der Waals surface area (Å²) in [6, 6.07) is 33.7. The number of hydrogen-bond donors (Lipinski definition) is 0. The van der Waals surface area contributed by atoms with E-state index in [2.05, 4.69) is 0 Å². The van der Waals surface area contributed by atoms with Crippen molar-refractivity contribution in [2.75, 3.05) is 0 Å². The fraction of sp³-hybridized carbons (Fsp3) is 0.0333. The fourth-order valence-corrected chi connectivity index (χ4v) is 3.92. The summed E-state index contributed by atoms with van der Waals surface area (Å²) < 4.78 is 17.6. The van der Waals surface area contributed by atoms with Gasteiger partial charge in [-0.3, -0.25) is 0 Å². The van der Waals surface area contributed by atoms with Crippen molar-refractivity contribution in [3.05, 3.63) is 149 Å². The normalized spacial score (nSPS) is 16.8. The van der Waals surface area contributed by atoms with Gasteiger partial charge in [0.05, 0.1) is 11.1 Å². The van der Waals surface area contributed by atoms with Crippen LogP contribution >= 0.6 is 0 Å². The molecule has 4 aromatic rings. The van der Waals surface area contributed by atoms with Crippen LogP contribution in [0.1, 0.15) is 31.8 Å². The lowest BCUT2D eigenvalue weighted by Crippen LogP contribution is -2.37. The van der Waals surface area contributed by atoms with Crippen molar-refractivity contribution in [1.82, 2.24) is 0 Å². The van der Waals surface area contributed by atoms with Crippen molar-refractivity contribution in [3.8, 4) is 0 Å². The summed E-state index contributed by atoms with van der Waals surface area (Å²) in [5.74, 6) is -4.62. The summed E-state index contributed by atoms with van der Waals surface area (Å²) in [4.78, 5) is 39.8. The van der Waals surface area contributed by atoms with Crippen molar-refractivity contribution in [2.24, 2.45) is 0 Å². The smallest absolute Gasteiger partial charge is 0.346 e. The maximum atomic E-state index is 13.3. The lowest BCUT2D eigenvalue weighted by atomic mass is 9.98. The van der Waals surface area contributed by atoms with Gasteiger partial charge in [0.1, 0.15) is 5.57 Å². The third kappa shape index (κ3) is 4.28. The molecule has 1 unspecified atom stereocenters. The Labute approximate surface area is 207 Å². The number of hydrogen-bond acceptors (Lipinski definition) is 6. The second-order valence-corrected chi connectivity index (χ2v) is 7.95. The highest BCUT2D eigenvalue weighted by Crippen LogP contribution is 2.47. The van der Waals surface area contributed by atoms with Crippen LogP contribution in [0.25, 0.3) is 5.57 Å². The quantitative estimate of drug-likeness (QED) is 0.341. The predicted octanol–water partition coefficient (Wildman–Crippen LogP) is 5.52. The zero-order valence-electron chi connectivity index (χ0n) is 19.0. The molecule has 1 aliphatic rings. The van der Waals surface area contributed by atoms with Gasteiger partial charge in [-0.05, 0) is 29.8 Å². The van der Waals surface area contributed by atoms with E-state index in [-0.39, 0.29) is 22.5 Å². The summed E-state index contributed by atoms with van der Waals surface area (Å²) in [6.07, 6.45) is 0. The molecule has 0 amide bonds. The zero-order chi connectivity index (χ0) is 25.0. The van der Waals surface area contributed by atoms with Gasteiger partial charge in [-0.15, -0.1) is 0 Å². The first kappa shape index (κ1) is 22.8. The van der Waals surface area contributed by atoms with E-state index < -0.39 is 23.7 Å². The van der Waals surface area contributed by atoms with Gasteiger partial charge in [-0.25, -0.2) is 14.4 Å². The van der Waals surface area contributed by atoms with Crippen LogP contribution in [0.2, 0.25) is 0 Å². The predicted molar refractivity (Wildman–Crippen MR) is 131 cm³/mol. The monoisotopic (exact) mass is 476 g/mol. The van der Waals surface area contributed by atoms with Gasteiger partial charge in [0.2, 0.25) is 5.76 Å². The number of cyclic esters (lactones) is 1. The second-order valence-electron chi connectivity index (χ2n) is 7.95. The molecule has 6 heteroatoms. The number of carbonyl (C=O) groups excluding carboxylic acids is 3. The Balaban J connectivity index is 1.70. The molecular weight excluding hydrogens is 456 g/mol. The van der Waals surface area contributed by atoms with Crippen molar-refractivity contribution in [2.45, 2.75) is 5.79 Å². The Hall–Kier alpha value is -4.97. The Kier molecular flexibility index (Phi) is 6.16. The van der Waals surface area contributed by atoms with E-state index >= 15 is 0 Å². The maximum Gasteiger partial charge on any atom is 0.346 e. The Morgan fingerprint density at radius 2 is 1.08 bits per heavy atom. The van der Waals surface area contributed by atoms with Crippen LogP contribution in [0.3, 0.4) is 0 Å². The average molecular weight is 476 g/mol. The molecule has 0 saturated carbocycles. The largest absolute Gasteiger partial charge is 0.418 e. The molecule has 0 saturated heterocycles. The van der Waals surface area contributed by atoms with Crippen LogP contribution < -0.4 is 0 Å². The van der Waals surface area contributed by atoms with Crippen molar-refractivity contribution >= 4 is 23.5 Å². The van der Waals surface area contributed by atoms with E-state index in [0.29, 0.717) is 11.1 Å². The highest BCUT2D eigenvalue weighted by Gasteiger charge is 2.56. The van der Waals surface area contributed by atoms with Crippen LogP contribution in [0.5, 0.6) is 0 Å². The highest BCUT2D eigenvalue weighted by molar-refractivity contribution is 6.20. The van der Waals surface area contributed by atoms with Gasteiger partial charge >= 0.3 is 23.7 Å². The molecule has 1 atom stereocenters. The standard InChI is InChI=1S/C30H20O6/c31-27(22-15-7-2-8-16-22)34-26-25(21-13-5-1-6-14-21)29(33)36-30(26,24-19-11-4-12-20-24)35-28(32)23-17-9-3-10-18-23/h1-20H. The van der Waals surface area contributed by atoms with Crippen LogP contribution in [0.15, 0.2) is 127 Å². The lowest BCUT2D eigenvalue weighted by molar-refractivity contribution is -0.195. The molecule has 0 bridgehead atoms. The molecule has 1 aliphatic heterocycles. The van der Waals surface area contributed by atoms with Gasteiger partial charge in [-0.1, -0.05) is 97.1 Å². The molecule has 176 valence electrons. The first-order valence-electron chi connectivity index (χ1n) is 11.2. The first-order chi connectivity index (χ1) is 17.6. The van der Waals surface area contributed by atoms with E-state index in [1.807, 2.05) is 0 Å². The highest BCUT2D eigenvalue weighted by atomic mass is 16.8. The molecule has 5 rings (SSSR count). The minimum atomic E-state index is -2.12. The summed E-state index contributed by atoms with van der Waals surface area (Å²) in [5.41, 5.74) is 1.25. The number of ether oxygens (including phenoxy) is 3. The fourth-order valence-electron chi connectivity index (χ4n) is 3.92. The van der Waals surface area contributed by atoms with Crippen molar-refractivity contribution < 1.29 is 28.6 Å². The van der Waals surface area contributed by atoms with Crippen molar-refractivity contribution in [1.29, 1.82) is 0 Å². The summed E-state index contributed by atoms with van der Waals surface area (Å²) in [6.45, 7) is 0. The average Bonchev–Trinajstić information content (AvgIpc) is 3.21. The molecule has 0 spiro atoms. The zero-order valence-corrected chi connectivity index (χ0v) is 19.0. The third-order valence-corrected chi connectivity index (χ3v) is 5.63. The van der Waals surface area contributed by atoms with Gasteiger partial charge < -0.3 is 14.2 Å². The molecule has 0 aromatic heterocycles. The molecule has 0 radical (unpaired) electrons. The van der Waals surface area contributed by atoms with Gasteiger partial charge in [0, 0.05) is 5.56 Å². The summed E-state index contributed by atoms with van der Waals surface area (Å²) in [7, 11) is 0. The van der Waals surface area contributed by atoms with Crippen LogP contribution in [0, 0.1) is 0 Å². The van der Waals surface area contributed by atoms with E-state index in [4.69, 9.17) is 14.2 Å². The summed E-state index contributed by atoms with van der Waals surface area (Å²) >= 11 is 0. The van der Waals surface area contributed by atoms with Crippen LogP contribution in [-0.4, -0.2) is 17.9 Å². The molecule has 4 aromatic carbocycles. The topological polar surface area (TPSA) is 78.9 Å². The van der Waals surface area contributed by atoms with Crippen LogP contribution in [0.4, 0.5) is 0 Å². The molecule has 0 N–H and O–H groups in total. The minimum Gasteiger partial charge on any atom is -0.418 e.